The summed E-state index contributed by atoms with van der Waals surface area (Å²) in [6.07, 6.45) is -1.82. The first-order valence-electron chi connectivity index (χ1n) is 7.60. The Bertz CT molecular complexity index is 729. The van der Waals surface area contributed by atoms with Gasteiger partial charge in [0, 0.05) is 31.4 Å². The van der Waals surface area contributed by atoms with Crippen molar-refractivity contribution in [3.63, 3.8) is 0 Å². The van der Waals surface area contributed by atoms with Crippen molar-refractivity contribution >= 4 is 17.4 Å². The molecule has 1 aliphatic heterocycles. The van der Waals surface area contributed by atoms with Crippen molar-refractivity contribution in [3.05, 3.63) is 53.7 Å². The lowest BCUT2D eigenvalue weighted by Gasteiger charge is -2.16. The number of rotatable bonds is 4. The van der Waals surface area contributed by atoms with Gasteiger partial charge in [-0.05, 0) is 36.2 Å². The van der Waals surface area contributed by atoms with E-state index in [9.17, 15) is 18.0 Å². The summed E-state index contributed by atoms with van der Waals surface area (Å²) >= 11 is 0. The molecule has 126 valence electrons. The van der Waals surface area contributed by atoms with Gasteiger partial charge in [0.1, 0.15) is 5.82 Å². The fourth-order valence-corrected chi connectivity index (χ4v) is 2.61. The highest BCUT2D eigenvalue weighted by atomic mass is 19.4. The third-order valence-electron chi connectivity index (χ3n) is 3.88. The summed E-state index contributed by atoms with van der Waals surface area (Å²) in [5, 5.41) is 2.88. The Morgan fingerprint density at radius 2 is 1.92 bits per heavy atom. The van der Waals surface area contributed by atoms with E-state index in [-0.39, 0.29) is 11.7 Å². The van der Waals surface area contributed by atoms with Gasteiger partial charge < -0.3 is 10.2 Å². The maximum atomic E-state index is 12.7. The molecule has 1 fully saturated rings. The number of benzene rings is 1. The van der Waals surface area contributed by atoms with Crippen LogP contribution >= 0.6 is 0 Å². The Labute approximate surface area is 137 Å². The smallest absolute Gasteiger partial charge is 0.366 e. The molecule has 0 spiro atoms. The first-order valence-corrected chi connectivity index (χ1v) is 7.60. The van der Waals surface area contributed by atoms with E-state index in [1.165, 1.54) is 0 Å². The average Bonchev–Trinajstić information content (AvgIpc) is 2.99. The molecule has 2 aromatic rings. The molecule has 0 radical (unpaired) electrons. The number of anilines is 2. The van der Waals surface area contributed by atoms with Gasteiger partial charge in [0.2, 0.25) is 5.91 Å². The maximum absolute atomic E-state index is 12.7. The van der Waals surface area contributed by atoms with E-state index in [1.807, 2.05) is 24.3 Å². The van der Waals surface area contributed by atoms with Crippen LogP contribution in [0.1, 0.15) is 24.0 Å². The molecule has 1 amide bonds. The van der Waals surface area contributed by atoms with Gasteiger partial charge in [-0.1, -0.05) is 12.1 Å². The highest BCUT2D eigenvalue weighted by molar-refractivity contribution is 5.95. The number of pyridine rings is 1. The Morgan fingerprint density at radius 3 is 2.54 bits per heavy atom. The number of nitrogens with one attached hydrogen (secondary N) is 1. The van der Waals surface area contributed by atoms with Gasteiger partial charge in [-0.3, -0.25) is 4.79 Å². The van der Waals surface area contributed by atoms with Crippen molar-refractivity contribution in [2.24, 2.45) is 0 Å². The minimum absolute atomic E-state index is 0.119. The zero-order chi connectivity index (χ0) is 17.2. The first-order chi connectivity index (χ1) is 11.4. The Hall–Kier alpha value is -2.57. The van der Waals surface area contributed by atoms with Crippen molar-refractivity contribution in [1.29, 1.82) is 0 Å². The minimum atomic E-state index is -4.39. The van der Waals surface area contributed by atoms with Crippen LogP contribution in [0.5, 0.6) is 0 Å². The van der Waals surface area contributed by atoms with Crippen molar-refractivity contribution < 1.29 is 18.0 Å². The Kier molecular flexibility index (Phi) is 4.42. The number of hydrogen-bond acceptors (Lipinski definition) is 3. The summed E-state index contributed by atoms with van der Waals surface area (Å²) in [4.78, 5) is 17.3. The van der Waals surface area contributed by atoms with E-state index in [2.05, 4.69) is 10.3 Å². The molecular weight excluding hydrogens is 319 g/mol. The number of hydrogen-bond donors (Lipinski definition) is 1. The fraction of sp³-hybridized carbons (Fsp3) is 0.294. The van der Waals surface area contributed by atoms with Gasteiger partial charge in [0.25, 0.3) is 0 Å². The van der Waals surface area contributed by atoms with Crippen LogP contribution in [0.15, 0.2) is 42.6 Å². The maximum Gasteiger partial charge on any atom is 0.416 e. The predicted octanol–water partition coefficient (Wildman–Crippen LogP) is 3.84. The summed E-state index contributed by atoms with van der Waals surface area (Å²) in [5.74, 6) is 0.290. The molecule has 24 heavy (non-hydrogen) atoms. The predicted molar refractivity (Wildman–Crippen MR) is 84.6 cm³/mol. The van der Waals surface area contributed by atoms with E-state index in [0.717, 1.165) is 42.5 Å². The van der Waals surface area contributed by atoms with E-state index in [0.29, 0.717) is 13.0 Å². The second-order valence-electron chi connectivity index (χ2n) is 5.60. The molecule has 2 heterocycles. The van der Waals surface area contributed by atoms with Crippen LogP contribution in [0.25, 0.3) is 0 Å². The molecule has 1 saturated heterocycles. The quantitative estimate of drug-likeness (QED) is 0.923. The molecule has 1 aromatic heterocycles. The molecule has 0 unspecified atom stereocenters. The van der Waals surface area contributed by atoms with Crippen LogP contribution in [-0.2, 0) is 17.5 Å². The second-order valence-corrected chi connectivity index (χ2v) is 5.60. The van der Waals surface area contributed by atoms with E-state index >= 15 is 0 Å². The molecule has 0 saturated carbocycles. The van der Waals surface area contributed by atoms with Crippen molar-refractivity contribution in [2.75, 3.05) is 16.8 Å². The Morgan fingerprint density at radius 1 is 1.17 bits per heavy atom. The Balaban J connectivity index is 1.64. The minimum Gasteiger partial charge on any atom is -0.366 e. The van der Waals surface area contributed by atoms with E-state index in [1.54, 1.807) is 4.90 Å². The monoisotopic (exact) mass is 335 g/mol. The third-order valence-corrected chi connectivity index (χ3v) is 3.88. The largest absolute Gasteiger partial charge is 0.416 e. The zero-order valence-electron chi connectivity index (χ0n) is 12.8. The van der Waals surface area contributed by atoms with E-state index < -0.39 is 11.7 Å². The van der Waals surface area contributed by atoms with E-state index in [4.69, 9.17) is 0 Å². The lowest BCUT2D eigenvalue weighted by molar-refractivity contribution is -0.137. The normalized spacial score (nSPS) is 15.0. The van der Waals surface area contributed by atoms with Gasteiger partial charge >= 0.3 is 6.18 Å². The molecule has 0 bridgehead atoms. The van der Waals surface area contributed by atoms with Crippen molar-refractivity contribution in [2.45, 2.75) is 25.6 Å². The van der Waals surface area contributed by atoms with Gasteiger partial charge in [0.15, 0.2) is 0 Å². The molecule has 7 heteroatoms. The van der Waals surface area contributed by atoms with Crippen LogP contribution in [0, 0.1) is 0 Å². The molecular formula is C17H16F3N3O. The fourth-order valence-electron chi connectivity index (χ4n) is 2.61. The first kappa shape index (κ1) is 16.3. The number of halogens is 3. The zero-order valence-corrected chi connectivity index (χ0v) is 12.8. The van der Waals surface area contributed by atoms with Gasteiger partial charge in [-0.2, -0.15) is 13.2 Å². The summed E-state index contributed by atoms with van der Waals surface area (Å²) in [7, 11) is 0. The highest BCUT2D eigenvalue weighted by Crippen LogP contribution is 2.30. The summed E-state index contributed by atoms with van der Waals surface area (Å²) < 4.78 is 38.0. The summed E-state index contributed by atoms with van der Waals surface area (Å²) in [6, 6.07) is 9.31. The standard InChI is InChI=1S/C17H16F3N3O/c18-17(19,20)13-7-8-21-15(10-13)22-11-12-3-5-14(6-4-12)23-9-1-2-16(23)24/h3-8,10H,1-2,9,11H2,(H,21,22). The van der Waals surface area contributed by atoms with Gasteiger partial charge in [0.05, 0.1) is 5.56 Å². The van der Waals surface area contributed by atoms with Gasteiger partial charge in [-0.15, -0.1) is 0 Å². The highest BCUT2D eigenvalue weighted by Gasteiger charge is 2.30. The lowest BCUT2D eigenvalue weighted by Crippen LogP contribution is -2.23. The number of alkyl halides is 3. The van der Waals surface area contributed by atoms with Crippen LogP contribution in [0.3, 0.4) is 0 Å². The molecule has 4 nitrogen and oxygen atoms in total. The SMILES string of the molecule is O=C1CCCN1c1ccc(CNc2cc(C(F)(F)F)ccn2)cc1. The molecule has 0 aliphatic carbocycles. The van der Waals surface area contributed by atoms with Crippen LogP contribution in [-0.4, -0.2) is 17.4 Å². The molecule has 3 rings (SSSR count). The topological polar surface area (TPSA) is 45.2 Å². The van der Waals surface area contributed by atoms with Crippen molar-refractivity contribution in [1.82, 2.24) is 4.98 Å². The second kappa shape index (κ2) is 6.51. The summed E-state index contributed by atoms with van der Waals surface area (Å²) in [5.41, 5.74) is 1.01. The number of carbonyl (C=O) groups is 1. The molecule has 1 aromatic carbocycles. The lowest BCUT2D eigenvalue weighted by atomic mass is 10.2. The molecule has 1 aliphatic rings. The van der Waals surface area contributed by atoms with Crippen LogP contribution < -0.4 is 10.2 Å². The molecule has 0 atom stereocenters. The van der Waals surface area contributed by atoms with Crippen molar-refractivity contribution in [3.8, 4) is 0 Å². The number of amides is 1. The third kappa shape index (κ3) is 3.67. The van der Waals surface area contributed by atoms with Gasteiger partial charge in [-0.25, -0.2) is 4.98 Å². The number of carbonyl (C=O) groups excluding carboxylic acids is 1. The number of aromatic nitrogens is 1. The summed E-state index contributed by atoms with van der Waals surface area (Å²) in [6.45, 7) is 1.08. The number of nitrogens with zero attached hydrogens (tertiary/aromatic N) is 2. The van der Waals surface area contributed by atoms with Crippen LogP contribution in [0.4, 0.5) is 24.7 Å². The molecule has 1 N–H and O–H groups in total. The average molecular weight is 335 g/mol. The van der Waals surface area contributed by atoms with Crippen LogP contribution in [0.2, 0.25) is 0 Å².